The van der Waals surface area contributed by atoms with Crippen molar-refractivity contribution in [3.63, 3.8) is 0 Å². The third-order valence-electron chi connectivity index (χ3n) is 3.36. The second-order valence-corrected chi connectivity index (χ2v) is 4.48. The van der Waals surface area contributed by atoms with Crippen LogP contribution in [0.2, 0.25) is 0 Å². The molecule has 0 unspecified atom stereocenters. The van der Waals surface area contributed by atoms with Crippen molar-refractivity contribution >= 4 is 10.8 Å². The second kappa shape index (κ2) is 5.21. The van der Waals surface area contributed by atoms with Gasteiger partial charge in [-0.15, -0.1) is 0 Å². The predicted molar refractivity (Wildman–Crippen MR) is 80.3 cm³/mol. The van der Waals surface area contributed by atoms with Gasteiger partial charge in [0.1, 0.15) is 0 Å². The molecule has 1 heterocycles. The van der Waals surface area contributed by atoms with Gasteiger partial charge in [-0.05, 0) is 23.1 Å². The minimum absolute atomic E-state index is 0.720. The quantitative estimate of drug-likeness (QED) is 0.719. The number of benzene rings is 2. The summed E-state index contributed by atoms with van der Waals surface area (Å²) in [4.78, 5) is 4.32. The highest BCUT2D eigenvalue weighted by Crippen LogP contribution is 2.34. The van der Waals surface area contributed by atoms with Gasteiger partial charge in [0.15, 0.2) is 11.5 Å². The normalized spacial score (nSPS) is 10.5. The Labute approximate surface area is 117 Å². The zero-order chi connectivity index (χ0) is 13.9. The monoisotopic (exact) mass is 265 g/mol. The predicted octanol–water partition coefficient (Wildman–Crippen LogP) is 3.92. The second-order valence-electron chi connectivity index (χ2n) is 4.48. The lowest BCUT2D eigenvalue weighted by Crippen LogP contribution is -1.91. The van der Waals surface area contributed by atoms with Gasteiger partial charge >= 0.3 is 0 Å². The Kier molecular flexibility index (Phi) is 3.25. The van der Waals surface area contributed by atoms with Crippen molar-refractivity contribution in [3.8, 4) is 22.6 Å². The van der Waals surface area contributed by atoms with Crippen LogP contribution in [-0.2, 0) is 0 Å². The standard InChI is InChI=1S/C17H15NO2/c1-19-16-8-7-12(9-17(16)20-2)15-11-18-10-13-5-3-4-6-14(13)15/h3-11H,1-2H3. The summed E-state index contributed by atoms with van der Waals surface area (Å²) in [6.45, 7) is 0. The summed E-state index contributed by atoms with van der Waals surface area (Å²) >= 11 is 0. The molecule has 3 nitrogen and oxygen atoms in total. The maximum absolute atomic E-state index is 5.37. The molecule has 0 aliphatic rings. The topological polar surface area (TPSA) is 31.4 Å². The zero-order valence-electron chi connectivity index (χ0n) is 11.5. The fraction of sp³-hybridized carbons (Fsp3) is 0.118. The van der Waals surface area contributed by atoms with Crippen LogP contribution in [0.15, 0.2) is 54.9 Å². The molecule has 1 aromatic heterocycles. The van der Waals surface area contributed by atoms with Crippen LogP contribution in [0.1, 0.15) is 0 Å². The van der Waals surface area contributed by atoms with E-state index in [1.165, 1.54) is 5.39 Å². The van der Waals surface area contributed by atoms with Gasteiger partial charge in [-0.3, -0.25) is 4.98 Å². The molecule has 2 aromatic carbocycles. The smallest absolute Gasteiger partial charge is 0.161 e. The molecule has 100 valence electrons. The van der Waals surface area contributed by atoms with E-state index in [0.717, 1.165) is 28.0 Å². The van der Waals surface area contributed by atoms with Gasteiger partial charge in [0.2, 0.25) is 0 Å². The number of methoxy groups -OCH3 is 2. The molecular weight excluding hydrogens is 250 g/mol. The summed E-state index contributed by atoms with van der Waals surface area (Å²) in [6, 6.07) is 14.1. The largest absolute Gasteiger partial charge is 0.493 e. The first-order valence-electron chi connectivity index (χ1n) is 6.38. The van der Waals surface area contributed by atoms with E-state index in [1.807, 2.05) is 42.7 Å². The van der Waals surface area contributed by atoms with Gasteiger partial charge in [-0.2, -0.15) is 0 Å². The minimum Gasteiger partial charge on any atom is -0.493 e. The first-order chi connectivity index (χ1) is 9.83. The van der Waals surface area contributed by atoms with Crippen LogP contribution in [0.4, 0.5) is 0 Å². The van der Waals surface area contributed by atoms with Gasteiger partial charge in [0, 0.05) is 23.3 Å². The summed E-state index contributed by atoms with van der Waals surface area (Å²) in [5.41, 5.74) is 2.15. The van der Waals surface area contributed by atoms with E-state index >= 15 is 0 Å². The van der Waals surface area contributed by atoms with Crippen LogP contribution in [0.5, 0.6) is 11.5 Å². The van der Waals surface area contributed by atoms with Crippen LogP contribution in [0.25, 0.3) is 21.9 Å². The number of aromatic nitrogens is 1. The van der Waals surface area contributed by atoms with Gasteiger partial charge < -0.3 is 9.47 Å². The van der Waals surface area contributed by atoms with E-state index in [4.69, 9.17) is 9.47 Å². The lowest BCUT2D eigenvalue weighted by Gasteiger charge is -2.11. The summed E-state index contributed by atoms with van der Waals surface area (Å²) in [7, 11) is 3.28. The molecule has 0 saturated carbocycles. The average Bonchev–Trinajstić information content (AvgIpc) is 2.53. The number of nitrogens with zero attached hydrogens (tertiary/aromatic N) is 1. The molecule has 0 bridgehead atoms. The molecule has 0 aliphatic carbocycles. The fourth-order valence-corrected chi connectivity index (χ4v) is 2.35. The van der Waals surface area contributed by atoms with Crippen molar-refractivity contribution in [2.24, 2.45) is 0 Å². The number of hydrogen-bond acceptors (Lipinski definition) is 3. The van der Waals surface area contributed by atoms with Gasteiger partial charge in [-0.1, -0.05) is 30.3 Å². The van der Waals surface area contributed by atoms with E-state index in [1.54, 1.807) is 14.2 Å². The summed E-state index contributed by atoms with van der Waals surface area (Å²) < 4.78 is 10.6. The molecule has 0 fully saturated rings. The van der Waals surface area contributed by atoms with E-state index in [2.05, 4.69) is 17.1 Å². The molecule has 0 radical (unpaired) electrons. The van der Waals surface area contributed by atoms with Crippen LogP contribution >= 0.6 is 0 Å². The Hall–Kier alpha value is -2.55. The molecule has 0 atom stereocenters. The molecule has 0 amide bonds. The van der Waals surface area contributed by atoms with Crippen molar-refractivity contribution in [2.75, 3.05) is 14.2 Å². The van der Waals surface area contributed by atoms with Gasteiger partial charge in [-0.25, -0.2) is 0 Å². The highest BCUT2D eigenvalue weighted by Gasteiger charge is 2.08. The molecule has 3 aromatic rings. The van der Waals surface area contributed by atoms with Crippen LogP contribution in [0.3, 0.4) is 0 Å². The van der Waals surface area contributed by atoms with Crippen molar-refractivity contribution < 1.29 is 9.47 Å². The Morgan fingerprint density at radius 3 is 2.45 bits per heavy atom. The van der Waals surface area contributed by atoms with Gasteiger partial charge in [0.25, 0.3) is 0 Å². The van der Waals surface area contributed by atoms with Crippen molar-refractivity contribution in [1.29, 1.82) is 0 Å². The van der Waals surface area contributed by atoms with Crippen LogP contribution in [0, 0.1) is 0 Å². The summed E-state index contributed by atoms with van der Waals surface area (Å²) in [6.07, 6.45) is 3.75. The third kappa shape index (κ3) is 2.07. The molecule has 3 heteroatoms. The maximum Gasteiger partial charge on any atom is 0.161 e. The van der Waals surface area contributed by atoms with Crippen LogP contribution < -0.4 is 9.47 Å². The van der Waals surface area contributed by atoms with E-state index in [0.29, 0.717) is 0 Å². The molecule has 3 rings (SSSR count). The fourth-order valence-electron chi connectivity index (χ4n) is 2.35. The van der Waals surface area contributed by atoms with Crippen molar-refractivity contribution in [1.82, 2.24) is 4.98 Å². The number of hydrogen-bond donors (Lipinski definition) is 0. The van der Waals surface area contributed by atoms with Crippen molar-refractivity contribution in [2.45, 2.75) is 0 Å². The summed E-state index contributed by atoms with van der Waals surface area (Å²) in [5, 5.41) is 2.30. The Morgan fingerprint density at radius 2 is 1.65 bits per heavy atom. The van der Waals surface area contributed by atoms with Gasteiger partial charge in [0.05, 0.1) is 14.2 Å². The highest BCUT2D eigenvalue weighted by atomic mass is 16.5. The van der Waals surface area contributed by atoms with E-state index in [9.17, 15) is 0 Å². The SMILES string of the molecule is COc1ccc(-c2cncc3ccccc23)cc1OC. The summed E-state index contributed by atoms with van der Waals surface area (Å²) in [5.74, 6) is 1.45. The molecule has 0 aliphatic heterocycles. The molecule has 20 heavy (non-hydrogen) atoms. The zero-order valence-corrected chi connectivity index (χ0v) is 11.5. The Balaban J connectivity index is 2.21. The highest BCUT2D eigenvalue weighted by molar-refractivity contribution is 5.95. The number of fused-ring (bicyclic) bond motifs is 1. The minimum atomic E-state index is 0.720. The molecule has 0 saturated heterocycles. The van der Waals surface area contributed by atoms with E-state index in [-0.39, 0.29) is 0 Å². The first kappa shape index (κ1) is 12.5. The molecule has 0 N–H and O–H groups in total. The Bertz CT molecular complexity index is 748. The lowest BCUT2D eigenvalue weighted by atomic mass is 10.0. The Morgan fingerprint density at radius 1 is 0.850 bits per heavy atom. The maximum atomic E-state index is 5.37. The average molecular weight is 265 g/mol. The number of pyridine rings is 1. The number of rotatable bonds is 3. The molecule has 0 spiro atoms. The van der Waals surface area contributed by atoms with Crippen molar-refractivity contribution in [3.05, 3.63) is 54.9 Å². The lowest BCUT2D eigenvalue weighted by molar-refractivity contribution is 0.355. The third-order valence-corrected chi connectivity index (χ3v) is 3.36. The van der Waals surface area contributed by atoms with Crippen LogP contribution in [-0.4, -0.2) is 19.2 Å². The first-order valence-corrected chi connectivity index (χ1v) is 6.38. The molecular formula is C17H15NO2. The van der Waals surface area contributed by atoms with E-state index < -0.39 is 0 Å². The number of ether oxygens (including phenoxy) is 2.